The Bertz CT molecular complexity index is 605. The molecule has 25 heavy (non-hydrogen) atoms. The third-order valence-corrected chi connectivity index (χ3v) is 5.43. The first-order valence-electron chi connectivity index (χ1n) is 9.39. The first-order valence-corrected chi connectivity index (χ1v) is 9.39. The fourth-order valence-electron chi connectivity index (χ4n) is 3.84. The smallest absolute Gasteiger partial charge is 0.228 e. The van der Waals surface area contributed by atoms with Crippen LogP contribution < -0.4 is 0 Å². The van der Waals surface area contributed by atoms with Crippen molar-refractivity contribution in [2.24, 2.45) is 11.8 Å². The standard InChI is InChI=1S/C19H26N2O4/c22-18-9-15(11-20(18)10-14-5-6-14)19(23)21(12-16-3-1-7-24-16)13-17-4-2-8-25-17/h1,3,7,14-15,17H,2,4-6,8-13H2/t15-,17-/m0/s1. The fraction of sp³-hybridized carbons (Fsp3) is 0.684. The Morgan fingerprint density at radius 1 is 1.32 bits per heavy atom. The molecule has 0 aromatic carbocycles. The third kappa shape index (κ3) is 4.06. The van der Waals surface area contributed by atoms with E-state index < -0.39 is 0 Å². The zero-order valence-corrected chi connectivity index (χ0v) is 14.6. The van der Waals surface area contributed by atoms with E-state index in [4.69, 9.17) is 9.15 Å². The summed E-state index contributed by atoms with van der Waals surface area (Å²) in [5.41, 5.74) is 0. The lowest BCUT2D eigenvalue weighted by molar-refractivity contribution is -0.138. The molecule has 0 N–H and O–H groups in total. The lowest BCUT2D eigenvalue weighted by Crippen LogP contribution is -2.41. The number of likely N-dealkylation sites (tertiary alicyclic amines) is 1. The van der Waals surface area contributed by atoms with Crippen LogP contribution in [-0.2, 0) is 20.9 Å². The highest BCUT2D eigenvalue weighted by Gasteiger charge is 2.39. The zero-order valence-electron chi connectivity index (χ0n) is 14.6. The van der Waals surface area contributed by atoms with Gasteiger partial charge in [-0.2, -0.15) is 0 Å². The van der Waals surface area contributed by atoms with Crippen molar-refractivity contribution in [2.75, 3.05) is 26.2 Å². The Hall–Kier alpha value is -1.82. The molecule has 1 aromatic heterocycles. The van der Waals surface area contributed by atoms with Gasteiger partial charge in [0.15, 0.2) is 0 Å². The monoisotopic (exact) mass is 346 g/mol. The van der Waals surface area contributed by atoms with Gasteiger partial charge >= 0.3 is 0 Å². The van der Waals surface area contributed by atoms with Gasteiger partial charge < -0.3 is 19.0 Å². The molecule has 0 unspecified atom stereocenters. The summed E-state index contributed by atoms with van der Waals surface area (Å²) in [5, 5.41) is 0. The van der Waals surface area contributed by atoms with Crippen molar-refractivity contribution in [1.29, 1.82) is 0 Å². The molecule has 0 radical (unpaired) electrons. The van der Waals surface area contributed by atoms with Gasteiger partial charge in [-0.05, 0) is 43.7 Å². The van der Waals surface area contributed by atoms with Gasteiger partial charge in [0, 0.05) is 32.7 Å². The molecule has 1 aliphatic carbocycles. The van der Waals surface area contributed by atoms with Crippen LogP contribution in [0.4, 0.5) is 0 Å². The summed E-state index contributed by atoms with van der Waals surface area (Å²) in [4.78, 5) is 29.1. The highest BCUT2D eigenvalue weighted by molar-refractivity contribution is 5.89. The summed E-state index contributed by atoms with van der Waals surface area (Å²) in [6.45, 7) is 3.18. The van der Waals surface area contributed by atoms with Crippen molar-refractivity contribution in [1.82, 2.24) is 9.80 Å². The molecule has 3 aliphatic rings. The molecule has 2 atom stereocenters. The minimum atomic E-state index is -0.234. The molecule has 1 aromatic rings. The van der Waals surface area contributed by atoms with Gasteiger partial charge in [0.25, 0.3) is 0 Å². The molecule has 3 heterocycles. The Kier molecular flexibility index (Phi) is 4.79. The second-order valence-electron chi connectivity index (χ2n) is 7.58. The summed E-state index contributed by atoms with van der Waals surface area (Å²) >= 11 is 0. The predicted octanol–water partition coefficient (Wildman–Crippen LogP) is 2.05. The highest BCUT2D eigenvalue weighted by Crippen LogP contribution is 2.32. The summed E-state index contributed by atoms with van der Waals surface area (Å²) < 4.78 is 11.1. The van der Waals surface area contributed by atoms with Crippen molar-refractivity contribution in [3.05, 3.63) is 24.2 Å². The molecule has 1 saturated carbocycles. The predicted molar refractivity (Wildman–Crippen MR) is 90.5 cm³/mol. The summed E-state index contributed by atoms with van der Waals surface area (Å²) in [5.74, 6) is 1.37. The molecular weight excluding hydrogens is 320 g/mol. The van der Waals surface area contributed by atoms with Crippen LogP contribution in [0.2, 0.25) is 0 Å². The summed E-state index contributed by atoms with van der Waals surface area (Å²) in [6.07, 6.45) is 6.52. The largest absolute Gasteiger partial charge is 0.467 e. The van der Waals surface area contributed by atoms with Crippen molar-refractivity contribution in [3.8, 4) is 0 Å². The molecule has 6 nitrogen and oxygen atoms in total. The topological polar surface area (TPSA) is 63.0 Å². The lowest BCUT2D eigenvalue weighted by atomic mass is 10.1. The van der Waals surface area contributed by atoms with Crippen LogP contribution in [0, 0.1) is 11.8 Å². The van der Waals surface area contributed by atoms with E-state index in [0.717, 1.165) is 31.8 Å². The van der Waals surface area contributed by atoms with Crippen molar-refractivity contribution >= 4 is 11.8 Å². The number of furan rings is 1. The Balaban J connectivity index is 1.41. The molecule has 2 saturated heterocycles. The number of carbonyl (C=O) groups is 2. The molecule has 0 spiro atoms. The van der Waals surface area contributed by atoms with E-state index in [2.05, 4.69) is 0 Å². The maximum absolute atomic E-state index is 13.1. The van der Waals surface area contributed by atoms with E-state index in [1.807, 2.05) is 21.9 Å². The summed E-state index contributed by atoms with van der Waals surface area (Å²) in [7, 11) is 0. The number of hydrogen-bond donors (Lipinski definition) is 0. The maximum Gasteiger partial charge on any atom is 0.228 e. The van der Waals surface area contributed by atoms with E-state index in [1.54, 1.807) is 6.26 Å². The molecule has 2 aliphatic heterocycles. The van der Waals surface area contributed by atoms with Gasteiger partial charge in [-0.25, -0.2) is 0 Å². The maximum atomic E-state index is 13.1. The quantitative estimate of drug-likeness (QED) is 0.758. The van der Waals surface area contributed by atoms with Crippen LogP contribution in [0.1, 0.15) is 37.9 Å². The Morgan fingerprint density at radius 3 is 2.88 bits per heavy atom. The van der Waals surface area contributed by atoms with Crippen molar-refractivity contribution in [3.63, 3.8) is 0 Å². The van der Waals surface area contributed by atoms with Crippen LogP contribution in [-0.4, -0.2) is 54.0 Å². The van der Waals surface area contributed by atoms with Gasteiger partial charge in [-0.15, -0.1) is 0 Å². The highest BCUT2D eigenvalue weighted by atomic mass is 16.5. The van der Waals surface area contributed by atoms with E-state index >= 15 is 0 Å². The van der Waals surface area contributed by atoms with E-state index in [0.29, 0.717) is 32.0 Å². The SMILES string of the molecule is O=C1C[C@H](C(=O)N(Cc2ccco2)C[C@@H]2CCCO2)CN1CC1CC1. The molecule has 2 amide bonds. The number of nitrogens with zero attached hydrogens (tertiary/aromatic N) is 2. The van der Waals surface area contributed by atoms with E-state index in [9.17, 15) is 9.59 Å². The second-order valence-corrected chi connectivity index (χ2v) is 7.58. The minimum Gasteiger partial charge on any atom is -0.467 e. The van der Waals surface area contributed by atoms with Gasteiger partial charge in [-0.1, -0.05) is 0 Å². The number of ether oxygens (including phenoxy) is 1. The van der Waals surface area contributed by atoms with Gasteiger partial charge in [0.2, 0.25) is 11.8 Å². The molecule has 4 rings (SSSR count). The first kappa shape index (κ1) is 16.6. The zero-order chi connectivity index (χ0) is 17.2. The number of hydrogen-bond acceptors (Lipinski definition) is 4. The fourth-order valence-corrected chi connectivity index (χ4v) is 3.84. The first-order chi connectivity index (χ1) is 12.2. The minimum absolute atomic E-state index is 0.0542. The molecular formula is C19H26N2O4. The number of rotatable bonds is 7. The van der Waals surface area contributed by atoms with E-state index in [1.165, 1.54) is 12.8 Å². The lowest BCUT2D eigenvalue weighted by Gasteiger charge is -2.27. The second kappa shape index (κ2) is 7.20. The average molecular weight is 346 g/mol. The Labute approximate surface area is 148 Å². The van der Waals surface area contributed by atoms with Crippen LogP contribution in [0.15, 0.2) is 22.8 Å². The van der Waals surface area contributed by atoms with Crippen LogP contribution in [0.25, 0.3) is 0 Å². The van der Waals surface area contributed by atoms with Crippen molar-refractivity contribution in [2.45, 2.75) is 44.8 Å². The molecule has 3 fully saturated rings. The summed E-state index contributed by atoms with van der Waals surface area (Å²) in [6, 6.07) is 3.72. The number of amides is 2. The normalized spacial score (nSPS) is 26.4. The molecule has 136 valence electrons. The van der Waals surface area contributed by atoms with Gasteiger partial charge in [0.05, 0.1) is 24.8 Å². The average Bonchev–Trinajstić information content (AvgIpc) is 2.99. The third-order valence-electron chi connectivity index (χ3n) is 5.43. The van der Waals surface area contributed by atoms with Crippen molar-refractivity contribution < 1.29 is 18.7 Å². The van der Waals surface area contributed by atoms with Gasteiger partial charge in [0.1, 0.15) is 5.76 Å². The molecule has 0 bridgehead atoms. The molecule has 6 heteroatoms. The van der Waals surface area contributed by atoms with Crippen LogP contribution >= 0.6 is 0 Å². The van der Waals surface area contributed by atoms with E-state index in [-0.39, 0.29) is 23.8 Å². The Morgan fingerprint density at radius 2 is 2.20 bits per heavy atom. The number of carbonyl (C=O) groups excluding carboxylic acids is 2. The van der Waals surface area contributed by atoms with Crippen LogP contribution in [0.5, 0.6) is 0 Å². The van der Waals surface area contributed by atoms with Gasteiger partial charge in [-0.3, -0.25) is 9.59 Å². The van der Waals surface area contributed by atoms with Crippen LogP contribution in [0.3, 0.4) is 0 Å².